The largest absolute Gasteiger partial charge is 0.383 e. The van der Waals surface area contributed by atoms with Gasteiger partial charge in [-0.05, 0) is 17.7 Å². The molecule has 0 fully saturated rings. The third kappa shape index (κ3) is 3.12. The van der Waals surface area contributed by atoms with E-state index in [1.54, 1.807) is 19.2 Å². The fraction of sp³-hybridized carbons (Fsp3) is 0.333. The minimum atomic E-state index is -0.546. The Morgan fingerprint density at radius 3 is 3.07 bits per heavy atom. The molecule has 0 amide bonds. The fourth-order valence-electron chi connectivity index (χ4n) is 1.09. The highest BCUT2D eigenvalue weighted by Crippen LogP contribution is 2.27. The summed E-state index contributed by atoms with van der Waals surface area (Å²) >= 11 is 0. The molecule has 1 aromatic carbocycles. The first-order valence-corrected chi connectivity index (χ1v) is 4.36. The molecule has 0 aliphatic rings. The molecule has 1 aromatic rings. The van der Waals surface area contributed by atoms with Crippen molar-refractivity contribution in [1.82, 2.24) is 0 Å². The van der Waals surface area contributed by atoms with E-state index in [4.69, 9.17) is 10.3 Å². The second-order valence-electron chi connectivity index (χ2n) is 2.75. The van der Waals surface area contributed by atoms with Crippen molar-refractivity contribution in [3.05, 3.63) is 34.5 Å². The van der Waals surface area contributed by atoms with E-state index in [0.717, 1.165) is 0 Å². The van der Waals surface area contributed by atoms with Crippen molar-refractivity contribution in [1.29, 1.82) is 0 Å². The standard InChI is InChI=1S/C9H11FN4O/c1-15-6-5-12-8-4-2-3-7(10)9(8)13-14-11/h2-4,12H,5-6H2,1H3. The lowest BCUT2D eigenvalue weighted by molar-refractivity contribution is 0.211. The number of azide groups is 1. The quantitative estimate of drug-likeness (QED) is 0.351. The first kappa shape index (κ1) is 11.3. The summed E-state index contributed by atoms with van der Waals surface area (Å²) in [6, 6.07) is 4.43. The lowest BCUT2D eigenvalue weighted by Crippen LogP contribution is -2.07. The average Bonchev–Trinajstić information content (AvgIpc) is 2.23. The lowest BCUT2D eigenvalue weighted by Gasteiger charge is -2.08. The van der Waals surface area contributed by atoms with Crippen LogP contribution in [0.5, 0.6) is 0 Å². The molecular formula is C9H11FN4O. The number of hydrogen-bond acceptors (Lipinski definition) is 3. The van der Waals surface area contributed by atoms with E-state index < -0.39 is 5.82 Å². The summed E-state index contributed by atoms with van der Waals surface area (Å²) in [6.07, 6.45) is 0. The molecule has 0 aromatic heterocycles. The molecule has 0 heterocycles. The topological polar surface area (TPSA) is 70.0 Å². The van der Waals surface area contributed by atoms with Gasteiger partial charge < -0.3 is 10.1 Å². The van der Waals surface area contributed by atoms with E-state index in [-0.39, 0.29) is 5.69 Å². The first-order valence-electron chi connectivity index (χ1n) is 4.36. The maximum absolute atomic E-state index is 13.2. The number of rotatable bonds is 5. The zero-order chi connectivity index (χ0) is 11.1. The minimum absolute atomic E-state index is 0.0175. The van der Waals surface area contributed by atoms with Crippen LogP contribution in [0.2, 0.25) is 0 Å². The van der Waals surface area contributed by atoms with Gasteiger partial charge in [0.15, 0.2) is 0 Å². The zero-order valence-corrected chi connectivity index (χ0v) is 8.27. The lowest BCUT2D eigenvalue weighted by atomic mass is 10.2. The number of nitrogens with one attached hydrogen (secondary N) is 1. The normalized spacial score (nSPS) is 9.47. The molecule has 0 saturated heterocycles. The summed E-state index contributed by atoms with van der Waals surface area (Å²) in [6.45, 7) is 1.01. The van der Waals surface area contributed by atoms with E-state index in [1.165, 1.54) is 6.07 Å². The Kier molecular flexibility index (Phi) is 4.40. The average molecular weight is 210 g/mol. The molecule has 0 bridgehead atoms. The van der Waals surface area contributed by atoms with Gasteiger partial charge in [-0.15, -0.1) is 0 Å². The van der Waals surface area contributed by atoms with Gasteiger partial charge in [0.2, 0.25) is 0 Å². The van der Waals surface area contributed by atoms with Crippen LogP contribution in [0.1, 0.15) is 0 Å². The van der Waals surface area contributed by atoms with Gasteiger partial charge in [-0.25, -0.2) is 4.39 Å². The monoisotopic (exact) mass is 210 g/mol. The number of nitrogens with zero attached hydrogens (tertiary/aromatic N) is 3. The Morgan fingerprint density at radius 2 is 2.40 bits per heavy atom. The molecule has 0 unspecified atom stereocenters. The Labute approximate surface area is 86.5 Å². The predicted molar refractivity (Wildman–Crippen MR) is 55.6 cm³/mol. The van der Waals surface area contributed by atoms with Gasteiger partial charge in [0.1, 0.15) is 5.82 Å². The van der Waals surface area contributed by atoms with E-state index in [2.05, 4.69) is 15.3 Å². The molecule has 5 nitrogen and oxygen atoms in total. The SMILES string of the molecule is COCCNc1cccc(F)c1N=[N+]=[N-]. The van der Waals surface area contributed by atoms with Crippen LogP contribution in [-0.2, 0) is 4.74 Å². The molecule has 1 N–H and O–H groups in total. The fourth-order valence-corrected chi connectivity index (χ4v) is 1.09. The highest BCUT2D eigenvalue weighted by molar-refractivity contribution is 5.65. The van der Waals surface area contributed by atoms with E-state index in [1.807, 2.05) is 0 Å². The van der Waals surface area contributed by atoms with E-state index in [9.17, 15) is 4.39 Å². The molecule has 0 spiro atoms. The molecule has 1 rings (SSSR count). The molecule has 0 atom stereocenters. The number of halogens is 1. The van der Waals surface area contributed by atoms with Crippen molar-refractivity contribution >= 4 is 11.4 Å². The molecule has 6 heteroatoms. The molecular weight excluding hydrogens is 199 g/mol. The third-order valence-electron chi connectivity index (χ3n) is 1.75. The summed E-state index contributed by atoms with van der Waals surface area (Å²) < 4.78 is 18.0. The van der Waals surface area contributed by atoms with Gasteiger partial charge in [-0.1, -0.05) is 11.2 Å². The summed E-state index contributed by atoms with van der Waals surface area (Å²) in [5.74, 6) is -0.546. The maximum Gasteiger partial charge on any atom is 0.134 e. The molecule has 15 heavy (non-hydrogen) atoms. The smallest absolute Gasteiger partial charge is 0.134 e. The molecule has 0 saturated carbocycles. The Hall–Kier alpha value is -1.78. The van der Waals surface area contributed by atoms with Gasteiger partial charge in [-0.2, -0.15) is 0 Å². The van der Waals surface area contributed by atoms with Gasteiger partial charge in [0.05, 0.1) is 12.3 Å². The highest BCUT2D eigenvalue weighted by atomic mass is 19.1. The number of hydrogen-bond donors (Lipinski definition) is 1. The first-order chi connectivity index (χ1) is 7.29. The number of methoxy groups -OCH3 is 1. The Balaban J connectivity index is 2.85. The number of benzene rings is 1. The van der Waals surface area contributed by atoms with E-state index >= 15 is 0 Å². The second-order valence-corrected chi connectivity index (χ2v) is 2.75. The highest BCUT2D eigenvalue weighted by Gasteiger charge is 2.05. The summed E-state index contributed by atoms with van der Waals surface area (Å²) in [5.41, 5.74) is 8.72. The maximum atomic E-state index is 13.2. The van der Waals surface area contributed by atoms with E-state index in [0.29, 0.717) is 18.8 Å². The van der Waals surface area contributed by atoms with Crippen molar-refractivity contribution in [2.75, 3.05) is 25.6 Å². The predicted octanol–water partition coefficient (Wildman–Crippen LogP) is 2.83. The van der Waals surface area contributed by atoms with Crippen LogP contribution >= 0.6 is 0 Å². The van der Waals surface area contributed by atoms with Crippen molar-refractivity contribution in [3.63, 3.8) is 0 Å². The van der Waals surface area contributed by atoms with Crippen LogP contribution in [0, 0.1) is 5.82 Å². The molecule has 0 radical (unpaired) electrons. The van der Waals surface area contributed by atoms with Crippen molar-refractivity contribution in [2.24, 2.45) is 5.11 Å². The van der Waals surface area contributed by atoms with Gasteiger partial charge >= 0.3 is 0 Å². The summed E-state index contributed by atoms with van der Waals surface area (Å²) in [5, 5.41) is 6.20. The number of anilines is 1. The molecule has 0 aliphatic carbocycles. The Bertz CT molecular complexity index is 376. The minimum Gasteiger partial charge on any atom is -0.383 e. The van der Waals surface area contributed by atoms with Gasteiger partial charge in [0.25, 0.3) is 0 Å². The van der Waals surface area contributed by atoms with Crippen molar-refractivity contribution in [3.8, 4) is 0 Å². The van der Waals surface area contributed by atoms with Crippen LogP contribution in [0.4, 0.5) is 15.8 Å². The van der Waals surface area contributed by atoms with Crippen molar-refractivity contribution in [2.45, 2.75) is 0 Å². The van der Waals surface area contributed by atoms with Gasteiger partial charge in [-0.3, -0.25) is 0 Å². The van der Waals surface area contributed by atoms with Crippen molar-refractivity contribution < 1.29 is 9.13 Å². The summed E-state index contributed by atoms with van der Waals surface area (Å²) in [7, 11) is 1.57. The number of ether oxygens (including phenoxy) is 1. The Morgan fingerprint density at radius 1 is 1.60 bits per heavy atom. The van der Waals surface area contributed by atoms with Crippen LogP contribution in [0.3, 0.4) is 0 Å². The second kappa shape index (κ2) is 5.85. The van der Waals surface area contributed by atoms with Gasteiger partial charge in [0, 0.05) is 24.3 Å². The van der Waals surface area contributed by atoms with Crippen LogP contribution in [0.25, 0.3) is 10.4 Å². The zero-order valence-electron chi connectivity index (χ0n) is 8.27. The molecule has 80 valence electrons. The van der Waals surface area contributed by atoms with Crippen LogP contribution < -0.4 is 5.32 Å². The molecule has 0 aliphatic heterocycles. The third-order valence-corrected chi connectivity index (χ3v) is 1.75. The van der Waals surface area contributed by atoms with Crippen LogP contribution in [0.15, 0.2) is 23.3 Å². The van der Waals surface area contributed by atoms with Crippen LogP contribution in [-0.4, -0.2) is 20.3 Å². The summed E-state index contributed by atoms with van der Waals surface area (Å²) in [4.78, 5) is 2.57.